The molecule has 4 nitrogen and oxygen atoms in total. The number of aromatic hydroxyl groups is 2. The van der Waals surface area contributed by atoms with Crippen molar-refractivity contribution in [2.75, 3.05) is 7.11 Å². The minimum absolute atomic E-state index is 0.137. The molecule has 0 saturated heterocycles. The van der Waals surface area contributed by atoms with Gasteiger partial charge >= 0.3 is 5.97 Å². The third kappa shape index (κ3) is 4.71. The van der Waals surface area contributed by atoms with Crippen molar-refractivity contribution in [1.29, 1.82) is 0 Å². The van der Waals surface area contributed by atoms with E-state index in [-0.39, 0.29) is 5.75 Å². The summed E-state index contributed by atoms with van der Waals surface area (Å²) in [6.07, 6.45) is 0. The summed E-state index contributed by atoms with van der Waals surface area (Å²) in [6.45, 7) is 1.87. The van der Waals surface area contributed by atoms with Gasteiger partial charge in [0.15, 0.2) is 0 Å². The number of para-hydroxylation sites is 1. The van der Waals surface area contributed by atoms with Crippen LogP contribution < -0.4 is 0 Å². The first-order chi connectivity index (χ1) is 9.04. The number of aryl methyl sites for hydroxylation is 1. The van der Waals surface area contributed by atoms with Gasteiger partial charge in [0.2, 0.25) is 0 Å². The van der Waals surface area contributed by atoms with Gasteiger partial charge < -0.3 is 14.9 Å². The van der Waals surface area contributed by atoms with E-state index < -0.39 is 5.97 Å². The van der Waals surface area contributed by atoms with Crippen LogP contribution in [-0.4, -0.2) is 23.3 Å². The number of hydrogen-bond acceptors (Lipinski definition) is 4. The van der Waals surface area contributed by atoms with E-state index in [0.717, 1.165) is 5.56 Å². The predicted octanol–water partition coefficient (Wildman–Crippen LogP) is 2.88. The van der Waals surface area contributed by atoms with Crippen LogP contribution in [0.2, 0.25) is 0 Å². The number of methoxy groups -OCH3 is 1. The van der Waals surface area contributed by atoms with Gasteiger partial charge in [-0.25, -0.2) is 4.79 Å². The van der Waals surface area contributed by atoms with Crippen LogP contribution in [0.3, 0.4) is 0 Å². The van der Waals surface area contributed by atoms with E-state index in [1.54, 1.807) is 6.07 Å². The topological polar surface area (TPSA) is 66.8 Å². The zero-order valence-corrected chi connectivity index (χ0v) is 10.8. The van der Waals surface area contributed by atoms with Gasteiger partial charge in [0.05, 0.1) is 12.7 Å². The van der Waals surface area contributed by atoms with E-state index in [4.69, 9.17) is 10.2 Å². The van der Waals surface area contributed by atoms with E-state index in [0.29, 0.717) is 11.3 Å². The Morgan fingerprint density at radius 3 is 2.00 bits per heavy atom. The number of esters is 1. The lowest BCUT2D eigenvalue weighted by Gasteiger charge is -1.97. The highest BCUT2D eigenvalue weighted by atomic mass is 16.5. The minimum Gasteiger partial charge on any atom is -0.508 e. The normalized spacial score (nSPS) is 9.16. The second-order valence-electron chi connectivity index (χ2n) is 3.82. The summed E-state index contributed by atoms with van der Waals surface area (Å²) in [7, 11) is 1.31. The highest BCUT2D eigenvalue weighted by molar-refractivity contribution is 5.89. The molecule has 0 spiro atoms. The molecular weight excluding hydrogens is 244 g/mol. The first kappa shape index (κ1) is 14.6. The van der Waals surface area contributed by atoms with Crippen molar-refractivity contribution < 1.29 is 19.7 Å². The minimum atomic E-state index is -0.398. The summed E-state index contributed by atoms with van der Waals surface area (Å²) < 4.78 is 4.46. The maximum atomic E-state index is 10.8. The number of carbonyl (C=O) groups is 1. The summed E-state index contributed by atoms with van der Waals surface area (Å²) in [5.41, 5.74) is 1.36. The first-order valence-corrected chi connectivity index (χ1v) is 5.66. The maximum absolute atomic E-state index is 10.8. The lowest BCUT2D eigenvalue weighted by atomic mass is 10.2. The molecule has 0 aliphatic carbocycles. The van der Waals surface area contributed by atoms with Crippen molar-refractivity contribution in [2.45, 2.75) is 6.92 Å². The Balaban J connectivity index is 0.000000200. The van der Waals surface area contributed by atoms with Crippen LogP contribution in [0.15, 0.2) is 48.5 Å². The zero-order valence-electron chi connectivity index (χ0n) is 10.8. The summed E-state index contributed by atoms with van der Waals surface area (Å²) >= 11 is 0. The van der Waals surface area contributed by atoms with Gasteiger partial charge in [-0.05, 0) is 42.8 Å². The van der Waals surface area contributed by atoms with E-state index in [9.17, 15) is 4.79 Å². The molecule has 19 heavy (non-hydrogen) atoms. The third-order valence-corrected chi connectivity index (χ3v) is 2.40. The fourth-order valence-electron chi connectivity index (χ4n) is 1.28. The average molecular weight is 260 g/mol. The molecule has 0 aliphatic heterocycles. The molecule has 0 aromatic heterocycles. The Morgan fingerprint density at radius 1 is 1.00 bits per heavy atom. The SMILES string of the molecule is COC(=O)c1ccc(O)cc1.Cc1ccccc1O. The zero-order chi connectivity index (χ0) is 14.3. The number of carbonyl (C=O) groups excluding carboxylic acids is 1. The molecule has 0 atom stereocenters. The second-order valence-corrected chi connectivity index (χ2v) is 3.82. The number of ether oxygens (including phenoxy) is 1. The molecule has 0 radical (unpaired) electrons. The molecular formula is C15H16O4. The largest absolute Gasteiger partial charge is 0.508 e. The van der Waals surface area contributed by atoms with Crippen molar-refractivity contribution in [1.82, 2.24) is 0 Å². The summed E-state index contributed by atoms with van der Waals surface area (Å²) in [6, 6.07) is 13.1. The summed E-state index contributed by atoms with van der Waals surface area (Å²) in [4.78, 5) is 10.8. The average Bonchev–Trinajstić information content (AvgIpc) is 2.43. The molecule has 0 bridgehead atoms. The van der Waals surface area contributed by atoms with Gasteiger partial charge in [-0.1, -0.05) is 18.2 Å². The molecule has 0 amide bonds. The van der Waals surface area contributed by atoms with Crippen molar-refractivity contribution in [3.8, 4) is 11.5 Å². The number of phenolic OH excluding ortho intramolecular Hbond substituents is 2. The molecule has 2 aromatic rings. The van der Waals surface area contributed by atoms with Gasteiger partial charge in [-0.15, -0.1) is 0 Å². The lowest BCUT2D eigenvalue weighted by Crippen LogP contribution is -1.99. The van der Waals surface area contributed by atoms with Crippen LogP contribution in [0.1, 0.15) is 15.9 Å². The second kappa shape index (κ2) is 7.06. The third-order valence-electron chi connectivity index (χ3n) is 2.40. The van der Waals surface area contributed by atoms with Crippen LogP contribution in [0.4, 0.5) is 0 Å². The van der Waals surface area contributed by atoms with E-state index in [1.807, 2.05) is 25.1 Å². The Hall–Kier alpha value is -2.49. The summed E-state index contributed by atoms with van der Waals surface area (Å²) in [5, 5.41) is 17.8. The van der Waals surface area contributed by atoms with Gasteiger partial charge in [0.25, 0.3) is 0 Å². The van der Waals surface area contributed by atoms with Crippen LogP contribution in [-0.2, 0) is 4.74 Å². The Kier molecular flexibility index (Phi) is 5.41. The monoisotopic (exact) mass is 260 g/mol. The number of phenols is 2. The quantitative estimate of drug-likeness (QED) is 0.774. The predicted molar refractivity (Wildman–Crippen MR) is 72.3 cm³/mol. The van der Waals surface area contributed by atoms with Crippen molar-refractivity contribution in [2.24, 2.45) is 0 Å². The maximum Gasteiger partial charge on any atom is 0.337 e. The van der Waals surface area contributed by atoms with Gasteiger partial charge in [-0.2, -0.15) is 0 Å². The smallest absolute Gasteiger partial charge is 0.337 e. The Bertz CT molecular complexity index is 511. The van der Waals surface area contributed by atoms with E-state index in [2.05, 4.69) is 4.74 Å². The van der Waals surface area contributed by atoms with Gasteiger partial charge in [0.1, 0.15) is 11.5 Å². The molecule has 0 unspecified atom stereocenters. The van der Waals surface area contributed by atoms with E-state index >= 15 is 0 Å². The number of benzene rings is 2. The van der Waals surface area contributed by atoms with Crippen molar-refractivity contribution >= 4 is 5.97 Å². The van der Waals surface area contributed by atoms with Crippen LogP contribution in [0.5, 0.6) is 11.5 Å². The Labute approximate surface area is 111 Å². The molecule has 0 fully saturated rings. The fourth-order valence-corrected chi connectivity index (χ4v) is 1.28. The highest BCUT2D eigenvalue weighted by Crippen LogP contribution is 2.12. The van der Waals surface area contributed by atoms with Crippen LogP contribution in [0, 0.1) is 6.92 Å². The van der Waals surface area contributed by atoms with Crippen molar-refractivity contribution in [3.05, 3.63) is 59.7 Å². The van der Waals surface area contributed by atoms with Crippen LogP contribution in [0.25, 0.3) is 0 Å². The standard InChI is InChI=1S/C8H8O3.C7H8O/c1-11-8(10)6-2-4-7(9)5-3-6;1-6-4-2-3-5-7(6)8/h2-5,9H,1H3;2-5,8H,1H3. The molecule has 0 saturated carbocycles. The van der Waals surface area contributed by atoms with Gasteiger partial charge in [-0.3, -0.25) is 0 Å². The Morgan fingerprint density at radius 2 is 1.58 bits per heavy atom. The fraction of sp³-hybridized carbons (Fsp3) is 0.133. The molecule has 100 valence electrons. The molecule has 2 aromatic carbocycles. The number of rotatable bonds is 1. The highest BCUT2D eigenvalue weighted by Gasteiger charge is 2.02. The van der Waals surface area contributed by atoms with Crippen molar-refractivity contribution in [3.63, 3.8) is 0 Å². The summed E-state index contributed by atoms with van der Waals surface area (Å²) in [5.74, 6) is 0.107. The molecule has 0 aliphatic rings. The molecule has 4 heteroatoms. The molecule has 0 heterocycles. The van der Waals surface area contributed by atoms with Crippen LogP contribution >= 0.6 is 0 Å². The first-order valence-electron chi connectivity index (χ1n) is 5.66. The molecule has 2 N–H and O–H groups in total. The van der Waals surface area contributed by atoms with Gasteiger partial charge in [0, 0.05) is 0 Å². The molecule has 2 rings (SSSR count). The lowest BCUT2D eigenvalue weighted by molar-refractivity contribution is 0.0600. The number of hydrogen-bond donors (Lipinski definition) is 2. The van der Waals surface area contributed by atoms with E-state index in [1.165, 1.54) is 31.4 Å².